The van der Waals surface area contributed by atoms with Crippen LogP contribution in [0.15, 0.2) is 60.7 Å². The van der Waals surface area contributed by atoms with Gasteiger partial charge in [-0.1, -0.05) is 262 Å². The first kappa shape index (κ1) is 77.8. The minimum atomic E-state index is -1.32. The molecule has 0 radical (unpaired) electrons. The second-order valence-corrected chi connectivity index (χ2v) is 44.7. The average molecular weight is 1570 g/mol. The molecular formula is C67H112Br4Cl2N2Si2Zr2. The normalized spacial score (nSPS) is 36.7. The zero-order valence-corrected chi connectivity index (χ0v) is 66.5. The van der Waals surface area contributed by atoms with Gasteiger partial charge in [-0.2, -0.15) is 0 Å². The second kappa shape index (κ2) is 37.7. The molecule has 12 heteroatoms. The van der Waals surface area contributed by atoms with Crippen molar-refractivity contribution in [3.05, 3.63) is 101 Å². The number of alkyl halides is 4. The number of rotatable bonds is 14. The molecule has 0 spiro atoms. The van der Waals surface area contributed by atoms with E-state index in [0.29, 0.717) is 0 Å². The van der Waals surface area contributed by atoms with E-state index in [1.165, 1.54) is 77.0 Å². The topological polar surface area (TPSA) is 28.2 Å². The minimum Gasteiger partial charge on any atom is -0.684 e. The van der Waals surface area contributed by atoms with E-state index in [9.17, 15) is 0 Å². The molecule has 8 aliphatic carbocycles. The molecule has 0 saturated heterocycles. The van der Waals surface area contributed by atoms with Gasteiger partial charge in [0, 0.05) is 19.3 Å². The summed E-state index contributed by atoms with van der Waals surface area (Å²) in [6.07, 6.45) is 24.9. The first-order valence-electron chi connectivity index (χ1n) is 30.7. The summed E-state index contributed by atoms with van der Waals surface area (Å²) in [4.78, 5) is 3.28. The maximum absolute atomic E-state index is 4.93. The van der Waals surface area contributed by atoms with Crippen molar-refractivity contribution in [2.45, 2.75) is 230 Å². The molecule has 8 saturated carbocycles. The van der Waals surface area contributed by atoms with E-state index < -0.39 is 37.0 Å². The summed E-state index contributed by atoms with van der Waals surface area (Å²) in [6, 6.07) is 26.3. The summed E-state index contributed by atoms with van der Waals surface area (Å²) in [5.74, 6) is 12.1. The van der Waals surface area contributed by atoms with Gasteiger partial charge in [0.1, 0.15) is 0 Å². The van der Waals surface area contributed by atoms with E-state index in [1.807, 2.05) is 60.7 Å². The number of fused-ring (bicyclic) bond motifs is 4. The predicted molar refractivity (Wildman–Crippen MR) is 368 cm³/mol. The summed E-state index contributed by atoms with van der Waals surface area (Å²) in [5, 5.41) is 8.95. The minimum absolute atomic E-state index is 0. The molecule has 0 bridgehead atoms. The zero-order chi connectivity index (χ0) is 53.2. The SMILES string of the molecule is CC[Si](CC)(C1C(C)CC2C(Br)CCCC21)C1C(C)CC2C(Br)CCCC21.CC[Si](CC)(C1C(C)CC2C(Br)CCCC21)C1C(C)CC2C(Br)CCCC21.[CH3-].[CH3-].[CH3-].[CH3-].[Cl][Zr+2][Cl].[Zr+4].c1ccc([N-]CCC[N-]c2ccccc2)cc1. The molecule has 0 heterocycles. The van der Waals surface area contributed by atoms with Gasteiger partial charge in [0.25, 0.3) is 0 Å². The molecule has 79 heavy (non-hydrogen) atoms. The Morgan fingerprint density at radius 2 is 0.646 bits per heavy atom. The number of hydrogen-bond donors (Lipinski definition) is 0. The Morgan fingerprint density at radius 1 is 0.418 bits per heavy atom. The van der Waals surface area contributed by atoms with Crippen molar-refractivity contribution in [2.24, 2.45) is 71.0 Å². The van der Waals surface area contributed by atoms with Gasteiger partial charge in [0.15, 0.2) is 0 Å². The van der Waals surface area contributed by atoms with Gasteiger partial charge in [-0.25, -0.2) is 0 Å². The molecule has 0 aromatic heterocycles. The molecule has 0 N–H and O–H groups in total. The molecule has 0 amide bonds. The van der Waals surface area contributed by atoms with Gasteiger partial charge < -0.3 is 40.3 Å². The largest absolute Gasteiger partial charge is 4.00 e. The number of nitrogens with zero attached hydrogens (tertiary/aromatic N) is 2. The summed E-state index contributed by atoms with van der Waals surface area (Å²) < 4.78 is 0. The Balaban J connectivity index is 0.000000392. The Kier molecular flexibility index (Phi) is 37.1. The van der Waals surface area contributed by atoms with Crippen molar-refractivity contribution in [3.8, 4) is 0 Å². The third-order valence-electron chi connectivity index (χ3n) is 22.7. The van der Waals surface area contributed by atoms with Crippen molar-refractivity contribution >= 4 is 108 Å². The predicted octanol–water partition coefficient (Wildman–Crippen LogP) is 25.3. The zero-order valence-electron chi connectivity index (χ0n) is 51.7. The van der Waals surface area contributed by atoms with Crippen LogP contribution in [0.4, 0.5) is 11.4 Å². The van der Waals surface area contributed by atoms with Crippen LogP contribution in [0.5, 0.6) is 0 Å². The summed E-state index contributed by atoms with van der Waals surface area (Å²) >= 11 is 15.7. The Labute approximate surface area is 564 Å². The van der Waals surface area contributed by atoms with Crippen molar-refractivity contribution in [2.75, 3.05) is 13.1 Å². The van der Waals surface area contributed by atoms with E-state index in [-0.39, 0.29) is 55.9 Å². The Bertz CT molecular complexity index is 1710. The fraction of sp³-hybridized carbons (Fsp3) is 0.761. The first-order chi connectivity index (χ1) is 35.7. The number of para-hydroxylation sites is 2. The van der Waals surface area contributed by atoms with E-state index in [2.05, 4.69) is 130 Å². The van der Waals surface area contributed by atoms with E-state index in [1.54, 1.807) is 49.9 Å². The van der Waals surface area contributed by atoms with Crippen LogP contribution >= 0.6 is 80.7 Å². The molecule has 8 aliphatic rings. The summed E-state index contributed by atoms with van der Waals surface area (Å²) in [7, 11) is 7.23. The van der Waals surface area contributed by atoms with Crippen LogP contribution in [0.2, 0.25) is 46.3 Å². The maximum Gasteiger partial charge on any atom is 4.00 e. The second-order valence-electron chi connectivity index (χ2n) is 25.8. The van der Waals surface area contributed by atoms with Crippen LogP contribution < -0.4 is 0 Å². The van der Waals surface area contributed by atoms with Crippen molar-refractivity contribution in [1.29, 1.82) is 0 Å². The molecule has 20 atom stereocenters. The third kappa shape index (κ3) is 18.0. The number of halogens is 6. The maximum atomic E-state index is 4.93. The number of benzene rings is 2. The van der Waals surface area contributed by atoms with Crippen molar-refractivity contribution in [3.63, 3.8) is 0 Å². The average Bonchev–Trinajstić information content (AvgIpc) is 4.16. The molecule has 448 valence electrons. The fourth-order valence-corrected chi connectivity index (χ4v) is 39.9. The van der Waals surface area contributed by atoms with Crippen LogP contribution in [-0.4, -0.2) is 48.5 Å². The van der Waals surface area contributed by atoms with Gasteiger partial charge in [-0.05, 0) is 145 Å². The number of hydrogen-bond acceptors (Lipinski definition) is 0. The smallest absolute Gasteiger partial charge is 0.684 e. The van der Waals surface area contributed by atoms with Gasteiger partial charge in [-0.3, -0.25) is 0 Å². The van der Waals surface area contributed by atoms with Crippen LogP contribution in [0.1, 0.15) is 165 Å². The monoisotopic (exact) mass is 1570 g/mol. The molecule has 0 aliphatic heterocycles. The van der Waals surface area contributed by atoms with Crippen LogP contribution in [0, 0.1) is 101 Å². The van der Waals surface area contributed by atoms with E-state index in [0.717, 1.165) is 143 Å². The molecule has 2 aromatic carbocycles. The van der Waals surface area contributed by atoms with Crippen molar-refractivity contribution in [1.82, 2.24) is 0 Å². The fourth-order valence-electron chi connectivity index (χ4n) is 20.4. The van der Waals surface area contributed by atoms with E-state index >= 15 is 0 Å². The molecule has 20 unspecified atom stereocenters. The third-order valence-corrected chi connectivity index (χ3v) is 41.8. The van der Waals surface area contributed by atoms with Gasteiger partial charge in [0.05, 0.1) is 16.1 Å². The molecule has 8 fully saturated rings. The summed E-state index contributed by atoms with van der Waals surface area (Å²) in [5.41, 5.74) is 6.54. The van der Waals surface area contributed by atoms with Crippen LogP contribution in [0.3, 0.4) is 0 Å². The Morgan fingerprint density at radius 3 is 0.861 bits per heavy atom. The standard InChI is InChI=1S/2C24H42Br2Si.C15H16N2.4CH3.2ClH.2Zr/c2*1-5-27(6-2,23-15(3)13-19-17(23)9-7-11-21(19)25)24-16(4)14-20-18(24)10-8-12-22(20)26;1-3-8-14(9-4-1)16-12-7-13-17-15-10-5-2-6-11-15;;;;;;;;/h2*15-24H,5-14H2,1-4H3;1-6,8-11H,7,12-13H2;4*1H3;2*1H;;/q;;-2;4*-1;;;2*+4/p-2. The van der Waals surface area contributed by atoms with E-state index in [4.69, 9.17) is 17.0 Å². The van der Waals surface area contributed by atoms with Crippen LogP contribution in [-0.2, 0) is 47.1 Å². The molecule has 10 rings (SSSR count). The first-order valence-corrected chi connectivity index (χ1v) is 45.9. The Hall–Kier alpha value is 2.74. The van der Waals surface area contributed by atoms with Crippen LogP contribution in [0.25, 0.3) is 10.6 Å². The van der Waals surface area contributed by atoms with Gasteiger partial charge in [-0.15, -0.1) is 24.5 Å². The molecule has 2 nitrogen and oxygen atoms in total. The molecular weight excluding hydrogens is 1460 g/mol. The quantitative estimate of drug-likeness (QED) is 0.0781. The van der Waals surface area contributed by atoms with Gasteiger partial charge in [0.2, 0.25) is 0 Å². The van der Waals surface area contributed by atoms with Gasteiger partial charge >= 0.3 is 64.1 Å². The van der Waals surface area contributed by atoms with Crippen molar-refractivity contribution < 1.29 is 47.1 Å². The molecule has 2 aromatic rings. The summed E-state index contributed by atoms with van der Waals surface area (Å²) in [6.45, 7) is 22.8.